The zero-order valence-electron chi connectivity index (χ0n) is 14.4. The molecule has 0 N–H and O–H groups in total. The molecule has 1 atom stereocenters. The number of hydrogen-bond acceptors (Lipinski definition) is 6. The van der Waals surface area contributed by atoms with Crippen LogP contribution in [0.15, 0.2) is 41.8 Å². The molecular weight excluding hydrogens is 348 g/mol. The fourth-order valence-corrected chi connectivity index (χ4v) is 4.15. The molecule has 0 aliphatic carbocycles. The highest BCUT2D eigenvalue weighted by Gasteiger charge is 2.38. The van der Waals surface area contributed by atoms with E-state index in [1.807, 2.05) is 0 Å². The Hall–Kier alpha value is -2.26. The largest absolute Gasteiger partial charge is 0.465 e. The molecule has 25 heavy (non-hydrogen) atoms. The highest BCUT2D eigenvalue weighted by Crippen LogP contribution is 2.25. The first-order valence-corrected chi connectivity index (χ1v) is 9.16. The Balaban J connectivity index is 3.36. The standard InChI is InChI=1S/C16H22N2O6S/c1-5-7-15(16(19)24-6-2)17(12(3)4)25(22,23)14-10-8-13(9-11-14)18(20)21/h5,8-12,15H,1,6-7H2,2-4H3/t15-/m0/s1. The molecule has 9 heteroatoms. The van der Waals surface area contributed by atoms with E-state index in [1.54, 1.807) is 20.8 Å². The minimum atomic E-state index is -4.07. The Morgan fingerprint density at radius 1 is 1.36 bits per heavy atom. The van der Waals surface area contributed by atoms with Crippen molar-refractivity contribution in [3.8, 4) is 0 Å². The Kier molecular flexibility index (Phi) is 7.25. The minimum Gasteiger partial charge on any atom is -0.465 e. The zero-order chi connectivity index (χ0) is 19.2. The molecule has 0 heterocycles. The lowest BCUT2D eigenvalue weighted by Gasteiger charge is -2.31. The Labute approximate surface area is 147 Å². The van der Waals surface area contributed by atoms with Crippen molar-refractivity contribution in [3.63, 3.8) is 0 Å². The molecule has 0 saturated carbocycles. The van der Waals surface area contributed by atoms with E-state index >= 15 is 0 Å². The number of rotatable bonds is 9. The van der Waals surface area contributed by atoms with Crippen LogP contribution in [0.1, 0.15) is 27.2 Å². The monoisotopic (exact) mass is 370 g/mol. The molecule has 0 spiro atoms. The third kappa shape index (κ3) is 4.86. The minimum absolute atomic E-state index is 0.0865. The summed E-state index contributed by atoms with van der Waals surface area (Å²) in [5, 5.41) is 10.7. The maximum absolute atomic E-state index is 13.0. The van der Waals surface area contributed by atoms with Gasteiger partial charge in [-0.1, -0.05) is 6.08 Å². The number of hydrogen-bond donors (Lipinski definition) is 0. The van der Waals surface area contributed by atoms with Gasteiger partial charge in [-0.2, -0.15) is 4.31 Å². The van der Waals surface area contributed by atoms with Crippen LogP contribution >= 0.6 is 0 Å². The van der Waals surface area contributed by atoms with Gasteiger partial charge in [0.15, 0.2) is 0 Å². The van der Waals surface area contributed by atoms with Gasteiger partial charge in [-0.15, -0.1) is 6.58 Å². The molecule has 0 unspecified atom stereocenters. The predicted octanol–water partition coefficient (Wildman–Crippen LogP) is 2.50. The van der Waals surface area contributed by atoms with E-state index in [0.29, 0.717) is 0 Å². The summed E-state index contributed by atoms with van der Waals surface area (Å²) in [4.78, 5) is 22.2. The molecule has 0 saturated heterocycles. The third-order valence-corrected chi connectivity index (χ3v) is 5.49. The summed E-state index contributed by atoms with van der Waals surface area (Å²) in [6.07, 6.45) is 1.53. The lowest BCUT2D eigenvalue weighted by Crippen LogP contribution is -2.49. The van der Waals surface area contributed by atoms with Gasteiger partial charge in [-0.05, 0) is 39.3 Å². The number of nitrogens with zero attached hydrogens (tertiary/aromatic N) is 2. The van der Waals surface area contributed by atoms with E-state index in [9.17, 15) is 23.3 Å². The third-order valence-electron chi connectivity index (χ3n) is 3.39. The van der Waals surface area contributed by atoms with Crippen molar-refractivity contribution in [1.29, 1.82) is 0 Å². The average Bonchev–Trinajstić information content (AvgIpc) is 2.54. The van der Waals surface area contributed by atoms with E-state index in [4.69, 9.17) is 4.74 Å². The van der Waals surface area contributed by atoms with E-state index in [-0.39, 0.29) is 23.6 Å². The molecule has 0 aromatic heterocycles. The zero-order valence-corrected chi connectivity index (χ0v) is 15.2. The van der Waals surface area contributed by atoms with Crippen LogP contribution in [0.25, 0.3) is 0 Å². The Bertz CT molecular complexity index is 727. The highest BCUT2D eigenvalue weighted by molar-refractivity contribution is 7.89. The number of esters is 1. The van der Waals surface area contributed by atoms with E-state index in [2.05, 4.69) is 6.58 Å². The van der Waals surface area contributed by atoms with Crippen molar-refractivity contribution in [2.24, 2.45) is 0 Å². The van der Waals surface area contributed by atoms with Crippen LogP contribution in [0.5, 0.6) is 0 Å². The number of nitro benzene ring substituents is 1. The number of carbonyl (C=O) groups excluding carboxylic acids is 1. The molecule has 138 valence electrons. The highest BCUT2D eigenvalue weighted by atomic mass is 32.2. The summed E-state index contributed by atoms with van der Waals surface area (Å²) in [7, 11) is -4.07. The second-order valence-corrected chi connectivity index (χ2v) is 7.32. The van der Waals surface area contributed by atoms with Crippen LogP contribution in [0.2, 0.25) is 0 Å². The van der Waals surface area contributed by atoms with Crippen molar-refractivity contribution in [1.82, 2.24) is 4.31 Å². The second kappa shape index (κ2) is 8.72. The molecule has 0 aliphatic rings. The van der Waals surface area contributed by atoms with Crippen molar-refractivity contribution in [3.05, 3.63) is 47.0 Å². The van der Waals surface area contributed by atoms with Crippen molar-refractivity contribution < 1.29 is 22.9 Å². The van der Waals surface area contributed by atoms with Crippen molar-refractivity contribution in [2.45, 2.75) is 44.2 Å². The molecule has 1 aromatic carbocycles. The number of sulfonamides is 1. The van der Waals surface area contributed by atoms with Crippen LogP contribution in [0.4, 0.5) is 5.69 Å². The molecule has 1 aromatic rings. The van der Waals surface area contributed by atoms with Gasteiger partial charge >= 0.3 is 5.97 Å². The fourth-order valence-electron chi connectivity index (χ4n) is 2.37. The van der Waals surface area contributed by atoms with E-state index in [1.165, 1.54) is 6.08 Å². The quantitative estimate of drug-likeness (QED) is 0.286. The molecular formula is C16H22N2O6S. The van der Waals surface area contributed by atoms with Crippen LogP contribution < -0.4 is 0 Å². The van der Waals surface area contributed by atoms with Crippen LogP contribution in [-0.4, -0.2) is 42.3 Å². The molecule has 0 fully saturated rings. The number of carbonyl (C=O) groups is 1. The Morgan fingerprint density at radius 2 is 1.92 bits per heavy atom. The number of ether oxygens (including phenoxy) is 1. The van der Waals surface area contributed by atoms with Gasteiger partial charge < -0.3 is 4.74 Å². The van der Waals surface area contributed by atoms with Crippen LogP contribution in [-0.2, 0) is 19.6 Å². The summed E-state index contributed by atoms with van der Waals surface area (Å²) < 4.78 is 32.0. The first kappa shape index (κ1) is 20.8. The van der Waals surface area contributed by atoms with E-state index < -0.39 is 33.0 Å². The lowest BCUT2D eigenvalue weighted by atomic mass is 10.2. The smallest absolute Gasteiger partial charge is 0.324 e. The first-order chi connectivity index (χ1) is 11.7. The molecule has 0 bridgehead atoms. The summed E-state index contributed by atoms with van der Waals surface area (Å²) in [6, 6.07) is 2.93. The maximum Gasteiger partial charge on any atom is 0.324 e. The van der Waals surface area contributed by atoms with Gasteiger partial charge in [0.1, 0.15) is 6.04 Å². The number of benzene rings is 1. The SMILES string of the molecule is C=CC[C@@H](C(=O)OCC)N(C(C)C)S(=O)(=O)c1ccc([N+](=O)[O-])cc1. The van der Waals surface area contributed by atoms with Gasteiger partial charge in [0.25, 0.3) is 5.69 Å². The number of non-ortho nitro benzene ring substituents is 1. The van der Waals surface area contributed by atoms with Crippen molar-refractivity contribution in [2.75, 3.05) is 6.61 Å². The van der Waals surface area contributed by atoms with Gasteiger partial charge in [-0.3, -0.25) is 14.9 Å². The predicted molar refractivity (Wildman–Crippen MR) is 92.5 cm³/mol. The summed E-state index contributed by atoms with van der Waals surface area (Å²) in [5.41, 5.74) is -0.219. The van der Waals surface area contributed by atoms with Crippen LogP contribution in [0.3, 0.4) is 0 Å². The van der Waals surface area contributed by atoms with Gasteiger partial charge in [0.05, 0.1) is 16.4 Å². The van der Waals surface area contributed by atoms with Gasteiger partial charge in [0, 0.05) is 18.2 Å². The normalized spacial score (nSPS) is 12.8. The maximum atomic E-state index is 13.0. The summed E-state index contributed by atoms with van der Waals surface area (Å²) in [6.45, 7) is 8.59. The number of nitro groups is 1. The summed E-state index contributed by atoms with van der Waals surface area (Å²) in [5.74, 6) is -0.665. The summed E-state index contributed by atoms with van der Waals surface area (Å²) >= 11 is 0. The van der Waals surface area contributed by atoms with Crippen LogP contribution in [0, 0.1) is 10.1 Å². The lowest BCUT2D eigenvalue weighted by molar-refractivity contribution is -0.384. The fraction of sp³-hybridized carbons (Fsp3) is 0.438. The first-order valence-electron chi connectivity index (χ1n) is 7.72. The van der Waals surface area contributed by atoms with Gasteiger partial charge in [-0.25, -0.2) is 8.42 Å². The molecule has 0 amide bonds. The average molecular weight is 370 g/mol. The topological polar surface area (TPSA) is 107 Å². The van der Waals surface area contributed by atoms with Gasteiger partial charge in [0.2, 0.25) is 10.0 Å². The molecule has 8 nitrogen and oxygen atoms in total. The second-order valence-electron chi connectivity index (χ2n) is 5.47. The van der Waals surface area contributed by atoms with Crippen molar-refractivity contribution >= 4 is 21.7 Å². The molecule has 1 rings (SSSR count). The molecule has 0 radical (unpaired) electrons. The Morgan fingerprint density at radius 3 is 2.32 bits per heavy atom. The van der Waals surface area contributed by atoms with E-state index in [0.717, 1.165) is 28.6 Å². The molecule has 0 aliphatic heterocycles.